The minimum atomic E-state index is -0.164. The van der Waals surface area contributed by atoms with E-state index in [1.807, 2.05) is 62.6 Å². The van der Waals surface area contributed by atoms with Crippen LogP contribution in [-0.4, -0.2) is 30.9 Å². The molecule has 5 rings (SSSR count). The summed E-state index contributed by atoms with van der Waals surface area (Å²) < 4.78 is 2.10. The first-order valence-electron chi connectivity index (χ1n) is 11.2. The summed E-state index contributed by atoms with van der Waals surface area (Å²) in [5, 5.41) is 15.8. The minimum Gasteiger partial charge on any atom is -0.346 e. The fourth-order valence-electron chi connectivity index (χ4n) is 3.88. The van der Waals surface area contributed by atoms with Gasteiger partial charge in [-0.25, -0.2) is 0 Å². The monoisotopic (exact) mass is 438 g/mol. The highest BCUT2D eigenvalue weighted by atomic mass is 16.1. The summed E-state index contributed by atoms with van der Waals surface area (Å²) in [4.78, 5) is 17.8. The summed E-state index contributed by atoms with van der Waals surface area (Å²) in [6, 6.07) is 14.2. The highest BCUT2D eigenvalue weighted by Crippen LogP contribution is 2.39. The second-order valence-corrected chi connectivity index (χ2v) is 8.72. The van der Waals surface area contributed by atoms with E-state index in [-0.39, 0.29) is 5.91 Å². The molecule has 7 heteroatoms. The number of hydrogen-bond donors (Lipinski definition) is 1. The lowest BCUT2D eigenvalue weighted by Gasteiger charge is -2.13. The molecule has 0 saturated heterocycles. The molecule has 3 aromatic heterocycles. The van der Waals surface area contributed by atoms with Crippen molar-refractivity contribution < 1.29 is 4.79 Å². The van der Waals surface area contributed by atoms with E-state index in [4.69, 9.17) is 0 Å². The van der Waals surface area contributed by atoms with Crippen molar-refractivity contribution in [3.8, 4) is 22.5 Å². The zero-order chi connectivity index (χ0) is 22.9. The van der Waals surface area contributed by atoms with E-state index in [2.05, 4.69) is 43.3 Å². The summed E-state index contributed by atoms with van der Waals surface area (Å²) in [5.41, 5.74) is 8.08. The van der Waals surface area contributed by atoms with Crippen LogP contribution in [0.1, 0.15) is 51.8 Å². The molecule has 166 valence electrons. The van der Waals surface area contributed by atoms with E-state index in [1.165, 1.54) is 0 Å². The van der Waals surface area contributed by atoms with Crippen molar-refractivity contribution in [3.63, 3.8) is 0 Å². The third kappa shape index (κ3) is 4.53. The zero-order valence-electron chi connectivity index (χ0n) is 19.0. The van der Waals surface area contributed by atoms with Gasteiger partial charge >= 0.3 is 0 Å². The number of pyridine rings is 1. The lowest BCUT2D eigenvalue weighted by molar-refractivity contribution is 0.0950. The molecule has 1 saturated carbocycles. The molecule has 0 unspecified atom stereocenters. The van der Waals surface area contributed by atoms with Crippen LogP contribution in [0.4, 0.5) is 0 Å². The first-order chi connectivity index (χ1) is 16.0. The molecule has 1 fully saturated rings. The average Bonchev–Trinajstić information content (AvgIpc) is 3.60. The largest absolute Gasteiger partial charge is 0.346 e. The van der Waals surface area contributed by atoms with Crippen LogP contribution < -0.4 is 5.32 Å². The second kappa shape index (κ2) is 8.58. The van der Waals surface area contributed by atoms with Gasteiger partial charge in [-0.05, 0) is 81.1 Å². The maximum atomic E-state index is 13.2. The van der Waals surface area contributed by atoms with Crippen LogP contribution in [0.3, 0.4) is 0 Å². The number of hydrogen-bond acceptors (Lipinski definition) is 5. The Hall–Kier alpha value is -3.87. The SMILES string of the molecule is Cc1ccc(-c2cc(C(=O)NCc3ccc(C)nn3)cc(-c3c(C)cnn3C3CC3)c2)nc1. The fourth-order valence-corrected chi connectivity index (χ4v) is 3.88. The normalized spacial score (nSPS) is 13.2. The Bertz CT molecular complexity index is 1300. The van der Waals surface area contributed by atoms with Gasteiger partial charge in [0.15, 0.2) is 0 Å². The fraction of sp³-hybridized carbons (Fsp3) is 0.269. The van der Waals surface area contributed by atoms with Gasteiger partial charge in [0.05, 0.1) is 41.6 Å². The quantitative estimate of drug-likeness (QED) is 0.476. The van der Waals surface area contributed by atoms with Crippen LogP contribution in [0.15, 0.2) is 54.9 Å². The van der Waals surface area contributed by atoms with Crippen LogP contribution in [0.2, 0.25) is 0 Å². The van der Waals surface area contributed by atoms with Gasteiger partial charge < -0.3 is 5.32 Å². The predicted octanol–water partition coefficient (Wildman–Crippen LogP) is 4.59. The number of rotatable bonds is 6. The molecule has 0 radical (unpaired) electrons. The van der Waals surface area contributed by atoms with Crippen LogP contribution in [0.25, 0.3) is 22.5 Å². The first kappa shape index (κ1) is 21.0. The molecule has 4 aromatic rings. The number of benzene rings is 1. The Morgan fingerprint density at radius 3 is 2.52 bits per heavy atom. The summed E-state index contributed by atoms with van der Waals surface area (Å²) in [6.45, 7) is 6.27. The number of nitrogens with zero attached hydrogens (tertiary/aromatic N) is 5. The average molecular weight is 439 g/mol. The van der Waals surface area contributed by atoms with E-state index in [9.17, 15) is 4.79 Å². The van der Waals surface area contributed by atoms with Crippen LogP contribution in [0, 0.1) is 20.8 Å². The molecular formula is C26H26N6O. The molecule has 1 aliphatic rings. The number of aromatic nitrogens is 5. The molecule has 1 N–H and O–H groups in total. The summed E-state index contributed by atoms with van der Waals surface area (Å²) in [5.74, 6) is -0.164. The molecule has 7 nitrogen and oxygen atoms in total. The summed E-state index contributed by atoms with van der Waals surface area (Å²) >= 11 is 0. The Balaban J connectivity index is 1.52. The number of amides is 1. The lowest BCUT2D eigenvalue weighted by Crippen LogP contribution is -2.23. The Labute approximate surface area is 192 Å². The van der Waals surface area contributed by atoms with Crippen molar-refractivity contribution in [3.05, 3.63) is 82.9 Å². The van der Waals surface area contributed by atoms with Gasteiger partial charge in [-0.3, -0.25) is 14.5 Å². The van der Waals surface area contributed by atoms with Gasteiger partial charge in [0, 0.05) is 22.9 Å². The van der Waals surface area contributed by atoms with Crippen molar-refractivity contribution in [2.75, 3.05) is 0 Å². The highest BCUT2D eigenvalue weighted by Gasteiger charge is 2.28. The molecule has 3 heterocycles. The molecule has 1 aromatic carbocycles. The van der Waals surface area contributed by atoms with Gasteiger partial charge in [-0.2, -0.15) is 15.3 Å². The molecular weight excluding hydrogens is 412 g/mol. The number of nitrogens with one attached hydrogen (secondary N) is 1. The number of aryl methyl sites for hydroxylation is 3. The van der Waals surface area contributed by atoms with E-state index in [0.717, 1.165) is 52.2 Å². The van der Waals surface area contributed by atoms with Gasteiger partial charge in [-0.15, -0.1) is 0 Å². The van der Waals surface area contributed by atoms with Gasteiger partial charge in [0.25, 0.3) is 5.91 Å². The summed E-state index contributed by atoms with van der Waals surface area (Å²) in [7, 11) is 0. The number of carbonyl (C=O) groups is 1. The summed E-state index contributed by atoms with van der Waals surface area (Å²) in [6.07, 6.45) is 6.02. The van der Waals surface area contributed by atoms with Gasteiger partial charge in [-0.1, -0.05) is 6.07 Å². The smallest absolute Gasteiger partial charge is 0.251 e. The van der Waals surface area contributed by atoms with E-state index < -0.39 is 0 Å². The minimum absolute atomic E-state index is 0.164. The van der Waals surface area contributed by atoms with E-state index >= 15 is 0 Å². The Morgan fingerprint density at radius 2 is 1.82 bits per heavy atom. The van der Waals surface area contributed by atoms with Crippen LogP contribution in [-0.2, 0) is 6.54 Å². The van der Waals surface area contributed by atoms with E-state index in [0.29, 0.717) is 23.8 Å². The van der Waals surface area contributed by atoms with Gasteiger partial charge in [0.1, 0.15) is 0 Å². The van der Waals surface area contributed by atoms with Crippen molar-refractivity contribution in [1.82, 2.24) is 30.3 Å². The Morgan fingerprint density at radius 1 is 1.00 bits per heavy atom. The Kier molecular flexibility index (Phi) is 5.46. The third-order valence-electron chi connectivity index (χ3n) is 5.83. The third-order valence-corrected chi connectivity index (χ3v) is 5.83. The maximum absolute atomic E-state index is 13.2. The van der Waals surface area contributed by atoms with Crippen LogP contribution >= 0.6 is 0 Å². The maximum Gasteiger partial charge on any atom is 0.251 e. The van der Waals surface area contributed by atoms with Crippen molar-refractivity contribution in [2.45, 2.75) is 46.2 Å². The van der Waals surface area contributed by atoms with Crippen molar-refractivity contribution in [2.24, 2.45) is 0 Å². The van der Waals surface area contributed by atoms with Crippen molar-refractivity contribution in [1.29, 1.82) is 0 Å². The molecule has 0 atom stereocenters. The van der Waals surface area contributed by atoms with Gasteiger partial charge in [0.2, 0.25) is 0 Å². The molecule has 1 amide bonds. The standard InChI is InChI=1S/C26H26N6O/c1-16-4-9-24(27-13-16)19-10-20(25-17(2)14-29-32(25)23-7-8-23)12-21(11-19)26(33)28-15-22-6-5-18(3)30-31-22/h4-6,9-14,23H,7-8,15H2,1-3H3,(H,28,33). The highest BCUT2D eigenvalue weighted by molar-refractivity contribution is 5.97. The topological polar surface area (TPSA) is 85.6 Å². The zero-order valence-corrected chi connectivity index (χ0v) is 19.0. The molecule has 1 aliphatic carbocycles. The molecule has 0 bridgehead atoms. The van der Waals surface area contributed by atoms with Crippen molar-refractivity contribution >= 4 is 5.91 Å². The first-order valence-corrected chi connectivity index (χ1v) is 11.2. The predicted molar refractivity (Wildman–Crippen MR) is 127 cm³/mol. The second-order valence-electron chi connectivity index (χ2n) is 8.72. The lowest BCUT2D eigenvalue weighted by atomic mass is 9.99. The van der Waals surface area contributed by atoms with E-state index in [1.54, 1.807) is 0 Å². The molecule has 0 aliphatic heterocycles. The molecule has 0 spiro atoms. The number of carbonyl (C=O) groups excluding carboxylic acids is 1. The molecule has 33 heavy (non-hydrogen) atoms. The van der Waals surface area contributed by atoms with Crippen LogP contribution in [0.5, 0.6) is 0 Å².